The number of carbonyl (C=O) groups excluding carboxylic acids is 1. The summed E-state index contributed by atoms with van der Waals surface area (Å²) in [6, 6.07) is 0. The minimum atomic E-state index is -0.299. The second-order valence-corrected chi connectivity index (χ2v) is 5.58. The molecule has 0 bridgehead atoms. The molecule has 1 aliphatic carbocycles. The largest absolute Gasteiger partial charge is 0.459 e. The van der Waals surface area contributed by atoms with Gasteiger partial charge >= 0.3 is 5.97 Å². The molecule has 0 aliphatic heterocycles. The van der Waals surface area contributed by atoms with Gasteiger partial charge in [0.15, 0.2) is 0 Å². The molecule has 1 rings (SSSR count). The van der Waals surface area contributed by atoms with Crippen LogP contribution in [0, 0.1) is 5.41 Å². The minimum absolute atomic E-state index is 0.0190. The number of carbonyl (C=O) groups is 1. The highest BCUT2D eigenvalue weighted by molar-refractivity contribution is 5.66. The summed E-state index contributed by atoms with van der Waals surface area (Å²) in [6.07, 6.45) is 6.14. The van der Waals surface area contributed by atoms with Crippen molar-refractivity contribution < 1.29 is 9.53 Å². The van der Waals surface area contributed by atoms with Gasteiger partial charge in [-0.1, -0.05) is 32.4 Å². The van der Waals surface area contributed by atoms with Gasteiger partial charge in [0.2, 0.25) is 0 Å². The molecule has 92 valence electrons. The van der Waals surface area contributed by atoms with Crippen molar-refractivity contribution in [2.75, 3.05) is 0 Å². The lowest BCUT2D eigenvalue weighted by Crippen LogP contribution is -2.47. The van der Waals surface area contributed by atoms with E-state index in [-0.39, 0.29) is 17.0 Å². The van der Waals surface area contributed by atoms with Crippen LogP contribution in [0.3, 0.4) is 0 Å². The van der Waals surface area contributed by atoms with Gasteiger partial charge in [-0.3, -0.25) is 4.79 Å². The molecule has 0 saturated carbocycles. The fourth-order valence-electron chi connectivity index (χ4n) is 2.65. The number of rotatable bonds is 2. The third-order valence-electron chi connectivity index (χ3n) is 4.03. The van der Waals surface area contributed by atoms with E-state index >= 15 is 0 Å². The van der Waals surface area contributed by atoms with E-state index in [4.69, 9.17) is 4.74 Å². The van der Waals surface area contributed by atoms with Crippen molar-refractivity contribution in [2.45, 2.75) is 65.9 Å². The Labute approximate surface area is 99.1 Å². The predicted octanol–water partition coefficient (Wildman–Crippen LogP) is 3.85. The first kappa shape index (κ1) is 13.3. The molecule has 0 fully saturated rings. The van der Waals surface area contributed by atoms with Crippen LogP contribution in [0.25, 0.3) is 0 Å². The summed E-state index contributed by atoms with van der Waals surface area (Å²) in [4.78, 5) is 11.3. The van der Waals surface area contributed by atoms with Crippen molar-refractivity contribution >= 4 is 5.97 Å². The van der Waals surface area contributed by atoms with Crippen molar-refractivity contribution in [1.29, 1.82) is 0 Å². The van der Waals surface area contributed by atoms with Gasteiger partial charge in [0.1, 0.15) is 5.60 Å². The number of hydrogen-bond acceptors (Lipinski definition) is 2. The molecule has 0 aromatic rings. The average molecular weight is 224 g/mol. The minimum Gasteiger partial charge on any atom is -0.459 e. The first-order valence-electron chi connectivity index (χ1n) is 6.18. The number of ether oxygens (including phenoxy) is 1. The van der Waals surface area contributed by atoms with Gasteiger partial charge in [-0.05, 0) is 32.6 Å². The van der Waals surface area contributed by atoms with Crippen LogP contribution in [0.15, 0.2) is 11.6 Å². The molecule has 2 heteroatoms. The van der Waals surface area contributed by atoms with Crippen LogP contribution in [-0.4, -0.2) is 11.6 Å². The van der Waals surface area contributed by atoms with Crippen LogP contribution >= 0.6 is 0 Å². The lowest BCUT2D eigenvalue weighted by Gasteiger charge is -2.44. The van der Waals surface area contributed by atoms with Gasteiger partial charge in [0.25, 0.3) is 0 Å². The zero-order valence-corrected chi connectivity index (χ0v) is 11.2. The van der Waals surface area contributed by atoms with E-state index in [0.717, 1.165) is 25.7 Å². The van der Waals surface area contributed by atoms with Crippen LogP contribution in [0.1, 0.15) is 60.3 Å². The lowest BCUT2D eigenvalue weighted by atomic mass is 9.69. The first-order chi connectivity index (χ1) is 7.33. The van der Waals surface area contributed by atoms with Crippen molar-refractivity contribution in [3.63, 3.8) is 0 Å². The van der Waals surface area contributed by atoms with E-state index in [1.165, 1.54) is 12.5 Å². The summed E-state index contributed by atoms with van der Waals surface area (Å²) in [7, 11) is 0. The molecule has 1 aliphatic rings. The zero-order chi connectivity index (χ0) is 12.4. The standard InChI is InChI=1S/C14H24O2/c1-6-14(16-12(3)15)10-8-11(2)7-9-13(14,4)5/h7H,6,8-10H2,1-5H3. The number of esters is 1. The summed E-state index contributed by atoms with van der Waals surface area (Å²) in [5.74, 6) is -0.158. The van der Waals surface area contributed by atoms with Crippen LogP contribution in [0.5, 0.6) is 0 Å². The van der Waals surface area contributed by atoms with Crippen LogP contribution in [0.2, 0.25) is 0 Å². The molecular weight excluding hydrogens is 200 g/mol. The smallest absolute Gasteiger partial charge is 0.303 e. The Morgan fingerprint density at radius 1 is 1.50 bits per heavy atom. The van der Waals surface area contributed by atoms with Crippen molar-refractivity contribution in [3.8, 4) is 0 Å². The molecule has 1 unspecified atom stereocenters. The Morgan fingerprint density at radius 3 is 2.62 bits per heavy atom. The quantitative estimate of drug-likeness (QED) is 0.526. The van der Waals surface area contributed by atoms with Crippen molar-refractivity contribution in [3.05, 3.63) is 11.6 Å². The molecule has 0 saturated heterocycles. The SMILES string of the molecule is CCC1(OC(C)=O)CCC(C)=CCC1(C)C. The Morgan fingerprint density at radius 2 is 2.12 bits per heavy atom. The van der Waals surface area contributed by atoms with E-state index in [0.29, 0.717) is 0 Å². The predicted molar refractivity (Wildman–Crippen MR) is 66.2 cm³/mol. The van der Waals surface area contributed by atoms with Gasteiger partial charge in [-0.2, -0.15) is 0 Å². The summed E-state index contributed by atoms with van der Waals surface area (Å²) < 4.78 is 5.70. The van der Waals surface area contributed by atoms with Crippen LogP contribution < -0.4 is 0 Å². The molecule has 1 atom stereocenters. The molecule has 0 N–H and O–H groups in total. The third kappa shape index (κ3) is 2.47. The summed E-state index contributed by atoms with van der Waals surface area (Å²) in [5.41, 5.74) is 1.13. The first-order valence-corrected chi connectivity index (χ1v) is 6.18. The van der Waals surface area contributed by atoms with Gasteiger partial charge < -0.3 is 4.74 Å². The molecule has 0 heterocycles. The molecule has 0 aromatic carbocycles. The summed E-state index contributed by atoms with van der Waals surface area (Å²) in [6.45, 7) is 10.2. The van der Waals surface area contributed by atoms with Crippen molar-refractivity contribution in [1.82, 2.24) is 0 Å². The Hall–Kier alpha value is -0.790. The molecule has 0 amide bonds. The van der Waals surface area contributed by atoms with Crippen molar-refractivity contribution in [2.24, 2.45) is 5.41 Å². The van der Waals surface area contributed by atoms with Crippen LogP contribution in [0.4, 0.5) is 0 Å². The van der Waals surface area contributed by atoms with Gasteiger partial charge in [0.05, 0.1) is 0 Å². The third-order valence-corrected chi connectivity index (χ3v) is 4.03. The highest BCUT2D eigenvalue weighted by Gasteiger charge is 2.46. The molecule has 2 nitrogen and oxygen atoms in total. The lowest BCUT2D eigenvalue weighted by molar-refractivity contribution is -0.174. The van der Waals surface area contributed by atoms with Gasteiger partial charge in [-0.15, -0.1) is 0 Å². The topological polar surface area (TPSA) is 26.3 Å². The average Bonchev–Trinajstić information content (AvgIpc) is 2.29. The summed E-state index contributed by atoms with van der Waals surface area (Å²) >= 11 is 0. The second-order valence-electron chi connectivity index (χ2n) is 5.58. The highest BCUT2D eigenvalue weighted by atomic mass is 16.6. The Bertz CT molecular complexity index is 302. The molecule has 16 heavy (non-hydrogen) atoms. The zero-order valence-electron chi connectivity index (χ0n) is 11.2. The number of hydrogen-bond donors (Lipinski definition) is 0. The van der Waals surface area contributed by atoms with E-state index in [9.17, 15) is 4.79 Å². The van der Waals surface area contributed by atoms with E-state index in [1.807, 2.05) is 0 Å². The molecule has 0 spiro atoms. The highest BCUT2D eigenvalue weighted by Crippen LogP contribution is 2.46. The Balaban J connectivity index is 3.02. The maximum absolute atomic E-state index is 11.3. The fraction of sp³-hybridized carbons (Fsp3) is 0.786. The summed E-state index contributed by atoms with van der Waals surface area (Å²) in [5, 5.41) is 0. The number of allylic oxidation sites excluding steroid dienone is 2. The van der Waals surface area contributed by atoms with Crippen LogP contribution in [-0.2, 0) is 9.53 Å². The maximum Gasteiger partial charge on any atom is 0.303 e. The Kier molecular flexibility index (Phi) is 3.82. The van der Waals surface area contributed by atoms with E-state index in [2.05, 4.69) is 33.8 Å². The second kappa shape index (κ2) is 4.60. The van der Waals surface area contributed by atoms with E-state index < -0.39 is 0 Å². The van der Waals surface area contributed by atoms with Gasteiger partial charge in [-0.25, -0.2) is 0 Å². The molecular formula is C14H24O2. The molecule has 0 radical (unpaired) electrons. The van der Waals surface area contributed by atoms with E-state index in [1.54, 1.807) is 0 Å². The van der Waals surface area contributed by atoms with Gasteiger partial charge in [0, 0.05) is 12.3 Å². The fourth-order valence-corrected chi connectivity index (χ4v) is 2.65. The maximum atomic E-state index is 11.3. The normalized spacial score (nSPS) is 29.2. The monoisotopic (exact) mass is 224 g/mol. The molecule has 0 aromatic heterocycles.